The van der Waals surface area contributed by atoms with Crippen LogP contribution in [-0.4, -0.2) is 60.9 Å². The summed E-state index contributed by atoms with van der Waals surface area (Å²) in [6, 6.07) is 18.8. The van der Waals surface area contributed by atoms with Crippen molar-refractivity contribution < 1.29 is 17.9 Å². The molecule has 2 aliphatic rings. The molecule has 172 valence electrons. The number of aromatic nitrogens is 1. The minimum Gasteiger partial charge on any atom is -0.379 e. The van der Waals surface area contributed by atoms with E-state index in [4.69, 9.17) is 4.74 Å². The van der Waals surface area contributed by atoms with Gasteiger partial charge in [0.15, 0.2) is 0 Å². The Morgan fingerprint density at radius 1 is 0.939 bits per heavy atom. The molecule has 0 aliphatic carbocycles. The molecule has 0 N–H and O–H groups in total. The fourth-order valence-electron chi connectivity index (χ4n) is 4.69. The van der Waals surface area contributed by atoms with E-state index < -0.39 is 10.0 Å². The molecule has 0 saturated carbocycles. The van der Waals surface area contributed by atoms with Crippen LogP contribution in [0.25, 0.3) is 0 Å². The SMILES string of the molecule is Cc1ccc(C(=O)N2CCn3cccc3C2c2ccccc2)cc1S(=O)(=O)N1CCOCC1. The van der Waals surface area contributed by atoms with Crippen LogP contribution in [0.1, 0.15) is 33.2 Å². The number of carbonyl (C=O) groups is 1. The number of carbonyl (C=O) groups excluding carboxylic acids is 1. The number of morpholine rings is 1. The predicted octanol–water partition coefficient (Wildman–Crippen LogP) is 3.06. The smallest absolute Gasteiger partial charge is 0.254 e. The zero-order valence-corrected chi connectivity index (χ0v) is 19.4. The van der Waals surface area contributed by atoms with Gasteiger partial charge < -0.3 is 14.2 Å². The highest BCUT2D eigenvalue weighted by atomic mass is 32.2. The molecule has 1 amide bonds. The second kappa shape index (κ2) is 8.78. The molecule has 7 nitrogen and oxygen atoms in total. The maximum atomic E-state index is 13.8. The van der Waals surface area contributed by atoms with Gasteiger partial charge in [-0.15, -0.1) is 0 Å². The highest BCUT2D eigenvalue weighted by Gasteiger charge is 2.34. The molecule has 8 heteroatoms. The summed E-state index contributed by atoms with van der Waals surface area (Å²) in [7, 11) is -3.71. The second-order valence-electron chi connectivity index (χ2n) is 8.43. The Morgan fingerprint density at radius 3 is 2.45 bits per heavy atom. The lowest BCUT2D eigenvalue weighted by atomic mass is 9.98. The van der Waals surface area contributed by atoms with Crippen molar-refractivity contribution in [3.8, 4) is 0 Å². The molecule has 2 aromatic carbocycles. The molecule has 1 atom stereocenters. The van der Waals surface area contributed by atoms with Crippen molar-refractivity contribution in [2.45, 2.75) is 24.4 Å². The van der Waals surface area contributed by atoms with Gasteiger partial charge in [-0.05, 0) is 42.3 Å². The van der Waals surface area contributed by atoms with E-state index in [2.05, 4.69) is 4.57 Å². The van der Waals surface area contributed by atoms with Gasteiger partial charge >= 0.3 is 0 Å². The lowest BCUT2D eigenvalue weighted by Crippen LogP contribution is -2.42. The third-order valence-corrected chi connectivity index (χ3v) is 8.48. The van der Waals surface area contributed by atoms with Crippen molar-refractivity contribution in [2.24, 2.45) is 0 Å². The van der Waals surface area contributed by atoms with E-state index in [-0.39, 0.29) is 16.8 Å². The van der Waals surface area contributed by atoms with E-state index in [9.17, 15) is 13.2 Å². The second-order valence-corrected chi connectivity index (χ2v) is 10.3. The molecule has 0 bridgehead atoms. The number of aryl methyl sites for hydroxylation is 1. The summed E-state index contributed by atoms with van der Waals surface area (Å²) in [5.41, 5.74) is 3.09. The van der Waals surface area contributed by atoms with Gasteiger partial charge in [0.2, 0.25) is 10.0 Å². The Hall–Kier alpha value is -2.94. The number of hydrogen-bond donors (Lipinski definition) is 0. The van der Waals surface area contributed by atoms with Gasteiger partial charge in [-0.1, -0.05) is 36.4 Å². The largest absolute Gasteiger partial charge is 0.379 e. The Kier molecular flexibility index (Phi) is 5.82. The quantitative estimate of drug-likeness (QED) is 0.594. The van der Waals surface area contributed by atoms with Gasteiger partial charge in [0.25, 0.3) is 5.91 Å². The molecule has 3 aromatic rings. The monoisotopic (exact) mass is 465 g/mol. The summed E-state index contributed by atoms with van der Waals surface area (Å²) in [4.78, 5) is 15.8. The van der Waals surface area contributed by atoms with E-state index in [1.807, 2.05) is 53.6 Å². The lowest BCUT2D eigenvalue weighted by molar-refractivity contribution is 0.0663. The number of hydrogen-bond acceptors (Lipinski definition) is 4. The molecule has 5 rings (SSSR count). The average molecular weight is 466 g/mol. The zero-order chi connectivity index (χ0) is 23.0. The van der Waals surface area contributed by atoms with E-state index in [0.29, 0.717) is 50.5 Å². The first-order valence-corrected chi connectivity index (χ1v) is 12.6. The van der Waals surface area contributed by atoms with Crippen LogP contribution in [0.15, 0.2) is 71.8 Å². The number of rotatable bonds is 4. The molecular weight excluding hydrogens is 438 g/mol. The maximum absolute atomic E-state index is 13.8. The topological polar surface area (TPSA) is 71.9 Å². The summed E-state index contributed by atoms with van der Waals surface area (Å²) in [6.45, 7) is 4.40. The number of fused-ring (bicyclic) bond motifs is 1. The molecule has 3 heterocycles. The number of ether oxygens (including phenoxy) is 1. The van der Waals surface area contributed by atoms with Crippen LogP contribution in [0.3, 0.4) is 0 Å². The molecule has 2 aliphatic heterocycles. The predicted molar refractivity (Wildman–Crippen MR) is 125 cm³/mol. The minimum absolute atomic E-state index is 0.172. The average Bonchev–Trinajstić information content (AvgIpc) is 3.33. The highest BCUT2D eigenvalue weighted by molar-refractivity contribution is 7.89. The normalized spacial score (nSPS) is 19.3. The van der Waals surface area contributed by atoms with Crippen molar-refractivity contribution in [3.63, 3.8) is 0 Å². The van der Waals surface area contributed by atoms with Gasteiger partial charge in [-0.3, -0.25) is 4.79 Å². The van der Waals surface area contributed by atoms with Crippen molar-refractivity contribution >= 4 is 15.9 Å². The van der Waals surface area contributed by atoms with Gasteiger partial charge in [0.05, 0.1) is 24.2 Å². The van der Waals surface area contributed by atoms with Crippen LogP contribution in [0.5, 0.6) is 0 Å². The van der Waals surface area contributed by atoms with Crippen molar-refractivity contribution in [1.29, 1.82) is 0 Å². The van der Waals surface area contributed by atoms with Crippen LogP contribution >= 0.6 is 0 Å². The van der Waals surface area contributed by atoms with Gasteiger partial charge in [0, 0.05) is 43.6 Å². The molecule has 1 unspecified atom stereocenters. The number of benzene rings is 2. The van der Waals surface area contributed by atoms with Crippen LogP contribution in [0.4, 0.5) is 0 Å². The Labute approximate surface area is 194 Å². The van der Waals surface area contributed by atoms with E-state index in [0.717, 1.165) is 11.3 Å². The summed E-state index contributed by atoms with van der Waals surface area (Å²) < 4.78 is 35.6. The highest BCUT2D eigenvalue weighted by Crippen LogP contribution is 2.34. The number of sulfonamides is 1. The van der Waals surface area contributed by atoms with Gasteiger partial charge in [0.1, 0.15) is 0 Å². The molecule has 1 aromatic heterocycles. The third kappa shape index (κ3) is 3.99. The Balaban J connectivity index is 1.52. The molecule has 1 saturated heterocycles. The fraction of sp³-hybridized carbons (Fsp3) is 0.320. The van der Waals surface area contributed by atoms with Gasteiger partial charge in [-0.25, -0.2) is 8.42 Å². The summed E-state index contributed by atoms with van der Waals surface area (Å²) in [5.74, 6) is -0.172. The summed E-state index contributed by atoms with van der Waals surface area (Å²) >= 11 is 0. The summed E-state index contributed by atoms with van der Waals surface area (Å²) in [5, 5.41) is 0. The molecule has 1 fully saturated rings. The minimum atomic E-state index is -3.71. The van der Waals surface area contributed by atoms with E-state index in [1.165, 1.54) is 10.4 Å². The van der Waals surface area contributed by atoms with Crippen molar-refractivity contribution in [1.82, 2.24) is 13.8 Å². The van der Waals surface area contributed by atoms with Crippen molar-refractivity contribution in [3.05, 3.63) is 89.2 Å². The molecular formula is C25H27N3O4S. The van der Waals surface area contributed by atoms with Crippen LogP contribution < -0.4 is 0 Å². The first-order valence-electron chi connectivity index (χ1n) is 11.2. The van der Waals surface area contributed by atoms with E-state index in [1.54, 1.807) is 19.1 Å². The fourth-order valence-corrected chi connectivity index (χ4v) is 6.35. The standard InChI is InChI=1S/C25H27N3O4S/c1-19-9-10-21(18-23(19)33(30,31)27-14-16-32-17-15-27)25(29)28-13-12-26-11-5-8-22(26)24(28)20-6-3-2-4-7-20/h2-11,18,24H,12-17H2,1H3. The molecule has 0 spiro atoms. The first kappa shape index (κ1) is 21.9. The lowest BCUT2D eigenvalue weighted by Gasteiger charge is -2.37. The summed E-state index contributed by atoms with van der Waals surface area (Å²) in [6.07, 6.45) is 2.03. The Morgan fingerprint density at radius 2 is 1.70 bits per heavy atom. The number of nitrogens with zero attached hydrogens (tertiary/aromatic N) is 3. The number of amides is 1. The molecule has 0 radical (unpaired) electrons. The Bertz CT molecular complexity index is 1260. The maximum Gasteiger partial charge on any atom is 0.254 e. The third-order valence-electron chi connectivity index (χ3n) is 6.44. The zero-order valence-electron chi connectivity index (χ0n) is 18.6. The van der Waals surface area contributed by atoms with Crippen LogP contribution in [-0.2, 0) is 21.3 Å². The van der Waals surface area contributed by atoms with Crippen molar-refractivity contribution in [2.75, 3.05) is 32.8 Å². The van der Waals surface area contributed by atoms with Crippen LogP contribution in [0, 0.1) is 6.92 Å². The molecule has 33 heavy (non-hydrogen) atoms. The van der Waals surface area contributed by atoms with Crippen LogP contribution in [0.2, 0.25) is 0 Å². The van der Waals surface area contributed by atoms with Gasteiger partial charge in [-0.2, -0.15) is 4.31 Å². The first-order chi connectivity index (χ1) is 16.0. The van der Waals surface area contributed by atoms with E-state index >= 15 is 0 Å².